The number of halogens is 1. The van der Waals surface area contributed by atoms with Crippen LogP contribution in [0.2, 0.25) is 0 Å². The number of hydrogen-bond acceptors (Lipinski definition) is 2. The van der Waals surface area contributed by atoms with E-state index in [9.17, 15) is 4.79 Å². The summed E-state index contributed by atoms with van der Waals surface area (Å²) in [5.74, 6) is 0.895. The molecule has 1 atom stereocenters. The molecule has 1 saturated heterocycles. The zero-order chi connectivity index (χ0) is 11.5. The molecule has 3 nitrogen and oxygen atoms in total. The molecule has 2 rings (SSSR count). The quantitative estimate of drug-likeness (QED) is 0.798. The average Bonchev–Trinajstić information content (AvgIpc) is 2.61. The van der Waals surface area contributed by atoms with Gasteiger partial charge in [0, 0.05) is 6.54 Å². The molecule has 1 heterocycles. The van der Waals surface area contributed by atoms with Crippen molar-refractivity contribution < 1.29 is 9.53 Å². The van der Waals surface area contributed by atoms with Crippen molar-refractivity contribution in [3.63, 3.8) is 0 Å². The molecule has 16 heavy (non-hydrogen) atoms. The lowest BCUT2D eigenvalue weighted by atomic mass is 10.2. The number of para-hydroxylation sites is 2. The standard InChI is InChI=1S/C12H14BrNO2/c1-2-16-11-6-4-3-5-10(11)14-8-7-9(13)12(14)15/h3-6,9H,2,7-8H2,1H3. The van der Waals surface area contributed by atoms with Gasteiger partial charge in [-0.3, -0.25) is 4.79 Å². The van der Waals surface area contributed by atoms with Crippen molar-refractivity contribution in [3.8, 4) is 5.75 Å². The summed E-state index contributed by atoms with van der Waals surface area (Å²) in [6.07, 6.45) is 0.847. The molecular formula is C12H14BrNO2. The number of hydrogen-bond donors (Lipinski definition) is 0. The molecule has 0 spiro atoms. The van der Waals surface area contributed by atoms with Crippen LogP contribution in [0.5, 0.6) is 5.75 Å². The van der Waals surface area contributed by atoms with Gasteiger partial charge < -0.3 is 9.64 Å². The molecule has 0 saturated carbocycles. The van der Waals surface area contributed by atoms with Gasteiger partial charge in [-0.05, 0) is 25.5 Å². The molecule has 1 aliphatic rings. The van der Waals surface area contributed by atoms with E-state index in [4.69, 9.17) is 4.74 Å². The summed E-state index contributed by atoms with van der Waals surface area (Å²) in [6.45, 7) is 3.30. The molecule has 4 heteroatoms. The Kier molecular flexibility index (Phi) is 3.49. The molecule has 0 aromatic heterocycles. The van der Waals surface area contributed by atoms with Crippen LogP contribution in [0.15, 0.2) is 24.3 Å². The monoisotopic (exact) mass is 283 g/mol. The summed E-state index contributed by atoms with van der Waals surface area (Å²) >= 11 is 3.37. The number of anilines is 1. The predicted octanol–water partition coefficient (Wildman–Crippen LogP) is 2.59. The third-order valence-corrected chi connectivity index (χ3v) is 3.45. The molecule has 0 aliphatic carbocycles. The average molecular weight is 284 g/mol. The Hall–Kier alpha value is -1.03. The van der Waals surface area contributed by atoms with Crippen LogP contribution in [0.3, 0.4) is 0 Å². The van der Waals surface area contributed by atoms with E-state index >= 15 is 0 Å². The normalized spacial score (nSPS) is 20.2. The van der Waals surface area contributed by atoms with Crippen LogP contribution in [0.25, 0.3) is 0 Å². The predicted molar refractivity (Wildman–Crippen MR) is 67.3 cm³/mol. The van der Waals surface area contributed by atoms with Crippen molar-refractivity contribution in [3.05, 3.63) is 24.3 Å². The zero-order valence-corrected chi connectivity index (χ0v) is 10.7. The second-order valence-electron chi connectivity index (χ2n) is 3.65. The molecule has 0 radical (unpaired) electrons. The number of nitrogens with zero attached hydrogens (tertiary/aromatic N) is 1. The van der Waals surface area contributed by atoms with E-state index in [1.165, 1.54) is 0 Å². The van der Waals surface area contributed by atoms with Crippen molar-refractivity contribution in [1.82, 2.24) is 0 Å². The van der Waals surface area contributed by atoms with Gasteiger partial charge in [-0.1, -0.05) is 28.1 Å². The van der Waals surface area contributed by atoms with Crippen LogP contribution in [-0.4, -0.2) is 23.9 Å². The van der Waals surface area contributed by atoms with Crippen LogP contribution < -0.4 is 9.64 Å². The topological polar surface area (TPSA) is 29.5 Å². The Labute approximate surface area is 104 Å². The smallest absolute Gasteiger partial charge is 0.240 e. The fourth-order valence-electron chi connectivity index (χ4n) is 1.84. The Balaban J connectivity index is 2.29. The van der Waals surface area contributed by atoms with Crippen molar-refractivity contribution in [1.29, 1.82) is 0 Å². The number of rotatable bonds is 3. The molecule has 0 N–H and O–H groups in total. The Morgan fingerprint density at radius 2 is 2.25 bits per heavy atom. The summed E-state index contributed by atoms with van der Waals surface area (Å²) in [5.41, 5.74) is 0.872. The fourth-order valence-corrected chi connectivity index (χ4v) is 2.29. The van der Waals surface area contributed by atoms with Crippen LogP contribution in [0.4, 0.5) is 5.69 Å². The van der Waals surface area contributed by atoms with Gasteiger partial charge in [0.25, 0.3) is 0 Å². The third kappa shape index (κ3) is 2.07. The van der Waals surface area contributed by atoms with E-state index in [1.54, 1.807) is 4.90 Å². The van der Waals surface area contributed by atoms with Gasteiger partial charge in [-0.25, -0.2) is 0 Å². The Morgan fingerprint density at radius 1 is 1.50 bits per heavy atom. The first-order valence-corrected chi connectivity index (χ1v) is 6.33. The van der Waals surface area contributed by atoms with Gasteiger partial charge >= 0.3 is 0 Å². The van der Waals surface area contributed by atoms with Crippen molar-refractivity contribution in [2.75, 3.05) is 18.1 Å². The first-order valence-electron chi connectivity index (χ1n) is 5.41. The first kappa shape index (κ1) is 11.5. The molecular weight excluding hydrogens is 270 g/mol. The summed E-state index contributed by atoms with van der Waals surface area (Å²) in [6, 6.07) is 7.66. The highest BCUT2D eigenvalue weighted by atomic mass is 79.9. The Morgan fingerprint density at radius 3 is 2.88 bits per heavy atom. The molecule has 1 unspecified atom stereocenters. The molecule has 1 aromatic carbocycles. The highest BCUT2D eigenvalue weighted by Gasteiger charge is 2.31. The number of alkyl halides is 1. The van der Waals surface area contributed by atoms with E-state index in [1.807, 2.05) is 31.2 Å². The number of amides is 1. The van der Waals surface area contributed by atoms with Crippen LogP contribution in [-0.2, 0) is 4.79 Å². The van der Waals surface area contributed by atoms with Gasteiger partial charge in [0.1, 0.15) is 5.75 Å². The highest BCUT2D eigenvalue weighted by Crippen LogP contribution is 2.32. The largest absolute Gasteiger partial charge is 0.492 e. The molecule has 0 bridgehead atoms. The number of ether oxygens (including phenoxy) is 1. The molecule has 1 fully saturated rings. The summed E-state index contributed by atoms with van der Waals surface area (Å²) in [4.78, 5) is 13.6. The Bertz CT molecular complexity index is 394. The van der Waals surface area contributed by atoms with Crippen molar-refractivity contribution in [2.24, 2.45) is 0 Å². The number of benzene rings is 1. The molecule has 1 aromatic rings. The van der Waals surface area contributed by atoms with E-state index in [0.717, 1.165) is 24.4 Å². The summed E-state index contributed by atoms with van der Waals surface area (Å²) < 4.78 is 5.52. The third-order valence-electron chi connectivity index (χ3n) is 2.60. The van der Waals surface area contributed by atoms with E-state index in [0.29, 0.717) is 6.61 Å². The molecule has 1 amide bonds. The van der Waals surface area contributed by atoms with Crippen LogP contribution in [0, 0.1) is 0 Å². The SMILES string of the molecule is CCOc1ccccc1N1CCC(Br)C1=O. The second-order valence-corrected chi connectivity index (χ2v) is 4.75. The second kappa shape index (κ2) is 4.87. The molecule has 86 valence electrons. The number of carbonyl (C=O) groups is 1. The fraction of sp³-hybridized carbons (Fsp3) is 0.417. The molecule has 1 aliphatic heterocycles. The van der Waals surface area contributed by atoms with E-state index < -0.39 is 0 Å². The van der Waals surface area contributed by atoms with Gasteiger partial charge in [0.2, 0.25) is 5.91 Å². The maximum absolute atomic E-state index is 11.9. The van der Waals surface area contributed by atoms with Gasteiger partial charge in [0.05, 0.1) is 17.1 Å². The highest BCUT2D eigenvalue weighted by molar-refractivity contribution is 9.10. The minimum Gasteiger partial charge on any atom is -0.492 e. The lowest BCUT2D eigenvalue weighted by molar-refractivity contribution is -0.116. The van der Waals surface area contributed by atoms with Crippen molar-refractivity contribution in [2.45, 2.75) is 18.2 Å². The van der Waals surface area contributed by atoms with Crippen molar-refractivity contribution >= 4 is 27.5 Å². The van der Waals surface area contributed by atoms with Gasteiger partial charge in [0.15, 0.2) is 0 Å². The maximum atomic E-state index is 11.9. The lowest BCUT2D eigenvalue weighted by Crippen LogP contribution is -2.27. The number of carbonyl (C=O) groups excluding carboxylic acids is 1. The van der Waals surface area contributed by atoms with Crippen LogP contribution >= 0.6 is 15.9 Å². The zero-order valence-electron chi connectivity index (χ0n) is 9.15. The first-order chi connectivity index (χ1) is 7.74. The minimum absolute atomic E-state index is 0.0535. The summed E-state index contributed by atoms with van der Waals surface area (Å²) in [5, 5.41) is 0. The van der Waals surface area contributed by atoms with Crippen LogP contribution in [0.1, 0.15) is 13.3 Å². The maximum Gasteiger partial charge on any atom is 0.240 e. The summed E-state index contributed by atoms with van der Waals surface area (Å²) in [7, 11) is 0. The minimum atomic E-state index is -0.0535. The van der Waals surface area contributed by atoms with E-state index in [2.05, 4.69) is 15.9 Å². The van der Waals surface area contributed by atoms with E-state index in [-0.39, 0.29) is 10.7 Å². The van der Waals surface area contributed by atoms with Gasteiger partial charge in [-0.2, -0.15) is 0 Å². The van der Waals surface area contributed by atoms with Gasteiger partial charge in [-0.15, -0.1) is 0 Å². The lowest BCUT2D eigenvalue weighted by Gasteiger charge is -2.19.